The lowest BCUT2D eigenvalue weighted by atomic mass is 10.1. The van der Waals surface area contributed by atoms with Crippen LogP contribution in [0.15, 0.2) is 18.2 Å². The van der Waals surface area contributed by atoms with Crippen molar-refractivity contribution in [2.45, 2.75) is 17.7 Å². The second-order valence-electron chi connectivity index (χ2n) is 3.52. The zero-order valence-electron chi connectivity index (χ0n) is 9.50. The van der Waals surface area contributed by atoms with E-state index < -0.39 is 0 Å². The molecule has 0 radical (unpaired) electrons. The van der Waals surface area contributed by atoms with Crippen molar-refractivity contribution in [2.24, 2.45) is 0 Å². The van der Waals surface area contributed by atoms with E-state index in [0.29, 0.717) is 24.3 Å². The number of hydrogen-bond donors (Lipinski definition) is 0. The number of ether oxygens (including phenoxy) is 2. The molecule has 0 saturated heterocycles. The number of alkyl halides is 1. The summed E-state index contributed by atoms with van der Waals surface area (Å²) in [4.78, 5) is 0.253. The van der Waals surface area contributed by atoms with Gasteiger partial charge in [-0.3, -0.25) is 0 Å². The molecule has 0 bridgehead atoms. The molecule has 0 fully saturated rings. The summed E-state index contributed by atoms with van der Waals surface area (Å²) in [5, 5.41) is 0. The largest absolute Gasteiger partial charge is 0.494 e. The molecule has 1 aromatic carbocycles. The van der Waals surface area contributed by atoms with Gasteiger partial charge in [-0.05, 0) is 24.5 Å². The molecular weight excluding hydrogens is 275 g/mol. The molecule has 0 amide bonds. The molecule has 4 heteroatoms. The normalized spacial score (nSPS) is 12.5. The second-order valence-corrected chi connectivity index (χ2v) is 4.82. The van der Waals surface area contributed by atoms with Gasteiger partial charge in [0.05, 0.1) is 13.7 Å². The van der Waals surface area contributed by atoms with Crippen molar-refractivity contribution in [1.29, 1.82) is 0 Å². The highest BCUT2D eigenvalue weighted by molar-refractivity contribution is 9.09. The number of rotatable bonds is 6. The van der Waals surface area contributed by atoms with Crippen LogP contribution in [0.2, 0.25) is 0 Å². The zero-order chi connectivity index (χ0) is 12.0. The summed E-state index contributed by atoms with van der Waals surface area (Å²) in [6.45, 7) is 0.631. The van der Waals surface area contributed by atoms with Crippen LogP contribution < -0.4 is 4.74 Å². The molecule has 1 unspecified atom stereocenters. The van der Waals surface area contributed by atoms with Gasteiger partial charge in [0.15, 0.2) is 11.6 Å². The molecule has 0 aromatic heterocycles. The first-order valence-electron chi connectivity index (χ1n) is 5.13. The van der Waals surface area contributed by atoms with Crippen LogP contribution >= 0.6 is 15.9 Å². The lowest BCUT2D eigenvalue weighted by Crippen LogP contribution is -2.08. The number of aryl methyl sites for hydroxylation is 1. The molecule has 0 aliphatic rings. The fraction of sp³-hybridized carbons (Fsp3) is 0.500. The van der Waals surface area contributed by atoms with E-state index in [4.69, 9.17) is 9.47 Å². The van der Waals surface area contributed by atoms with Gasteiger partial charge in [-0.15, -0.1) is 0 Å². The standard InChI is InChI=1S/C12H16BrFO2/c1-15-8-10(13)7-6-9-4-3-5-11(16-2)12(9)14/h3-5,10H,6-8H2,1-2H3. The van der Waals surface area contributed by atoms with Gasteiger partial charge >= 0.3 is 0 Å². The SMILES string of the molecule is COCC(Br)CCc1cccc(OC)c1F. The third-order valence-electron chi connectivity index (χ3n) is 2.34. The predicted octanol–water partition coefficient (Wildman–Crippen LogP) is 3.18. The first kappa shape index (κ1) is 13.5. The minimum atomic E-state index is -0.262. The summed E-state index contributed by atoms with van der Waals surface area (Å²) in [6, 6.07) is 5.21. The Morgan fingerprint density at radius 3 is 2.75 bits per heavy atom. The van der Waals surface area contributed by atoms with E-state index in [1.54, 1.807) is 25.3 Å². The first-order valence-corrected chi connectivity index (χ1v) is 6.05. The first-order chi connectivity index (χ1) is 7.69. The molecular formula is C12H16BrFO2. The molecule has 2 nitrogen and oxygen atoms in total. The van der Waals surface area contributed by atoms with Gasteiger partial charge in [0.1, 0.15) is 0 Å². The van der Waals surface area contributed by atoms with Crippen molar-refractivity contribution >= 4 is 15.9 Å². The third kappa shape index (κ3) is 3.76. The highest BCUT2D eigenvalue weighted by Crippen LogP contribution is 2.22. The Morgan fingerprint density at radius 1 is 1.38 bits per heavy atom. The van der Waals surface area contributed by atoms with Crippen molar-refractivity contribution < 1.29 is 13.9 Å². The van der Waals surface area contributed by atoms with Gasteiger partial charge in [0.25, 0.3) is 0 Å². The van der Waals surface area contributed by atoms with Gasteiger partial charge in [-0.1, -0.05) is 28.1 Å². The Kier molecular flexibility index (Phi) is 5.77. The van der Waals surface area contributed by atoms with Crippen molar-refractivity contribution in [3.05, 3.63) is 29.6 Å². The maximum Gasteiger partial charge on any atom is 0.168 e. The van der Waals surface area contributed by atoms with Crippen LogP contribution in [0.4, 0.5) is 4.39 Å². The van der Waals surface area contributed by atoms with Gasteiger partial charge in [-0.25, -0.2) is 4.39 Å². The Hall–Kier alpha value is -0.610. The summed E-state index contributed by atoms with van der Waals surface area (Å²) < 4.78 is 23.7. The van der Waals surface area contributed by atoms with E-state index in [9.17, 15) is 4.39 Å². The minimum Gasteiger partial charge on any atom is -0.494 e. The van der Waals surface area contributed by atoms with E-state index in [0.717, 1.165) is 6.42 Å². The summed E-state index contributed by atoms with van der Waals surface area (Å²) >= 11 is 3.48. The molecule has 1 aromatic rings. The quantitative estimate of drug-likeness (QED) is 0.749. The lowest BCUT2D eigenvalue weighted by molar-refractivity contribution is 0.198. The van der Waals surface area contributed by atoms with E-state index in [1.165, 1.54) is 7.11 Å². The van der Waals surface area contributed by atoms with Gasteiger partial charge < -0.3 is 9.47 Å². The van der Waals surface area contributed by atoms with Crippen molar-refractivity contribution in [3.63, 3.8) is 0 Å². The number of methoxy groups -OCH3 is 2. The average Bonchev–Trinajstić information content (AvgIpc) is 2.28. The predicted molar refractivity (Wildman–Crippen MR) is 65.9 cm³/mol. The molecule has 0 N–H and O–H groups in total. The molecule has 1 rings (SSSR count). The molecule has 0 spiro atoms. The van der Waals surface area contributed by atoms with Crippen LogP contribution in [-0.4, -0.2) is 25.7 Å². The van der Waals surface area contributed by atoms with Crippen molar-refractivity contribution in [3.8, 4) is 5.75 Å². The van der Waals surface area contributed by atoms with E-state index in [-0.39, 0.29) is 10.6 Å². The Morgan fingerprint density at radius 2 is 2.12 bits per heavy atom. The molecule has 0 aliphatic heterocycles. The minimum absolute atomic E-state index is 0.253. The monoisotopic (exact) mass is 290 g/mol. The Balaban J connectivity index is 2.60. The highest BCUT2D eigenvalue weighted by atomic mass is 79.9. The average molecular weight is 291 g/mol. The molecule has 16 heavy (non-hydrogen) atoms. The Labute approximate surface area is 104 Å². The smallest absolute Gasteiger partial charge is 0.168 e. The molecule has 0 heterocycles. The number of benzene rings is 1. The lowest BCUT2D eigenvalue weighted by Gasteiger charge is -2.10. The zero-order valence-corrected chi connectivity index (χ0v) is 11.1. The molecule has 1 atom stereocenters. The van der Waals surface area contributed by atoms with Crippen LogP contribution in [0, 0.1) is 5.82 Å². The summed E-state index contributed by atoms with van der Waals surface area (Å²) in [6.07, 6.45) is 1.50. The molecule has 0 aliphatic carbocycles. The van der Waals surface area contributed by atoms with Crippen molar-refractivity contribution in [1.82, 2.24) is 0 Å². The van der Waals surface area contributed by atoms with Crippen LogP contribution in [0.3, 0.4) is 0 Å². The van der Waals surface area contributed by atoms with Crippen LogP contribution in [0.25, 0.3) is 0 Å². The fourth-order valence-corrected chi connectivity index (χ4v) is 1.98. The topological polar surface area (TPSA) is 18.5 Å². The molecule has 90 valence electrons. The van der Waals surface area contributed by atoms with Crippen LogP contribution in [0.5, 0.6) is 5.75 Å². The molecule has 0 saturated carbocycles. The van der Waals surface area contributed by atoms with Crippen LogP contribution in [0.1, 0.15) is 12.0 Å². The summed E-state index contributed by atoms with van der Waals surface area (Å²) in [7, 11) is 3.13. The van der Waals surface area contributed by atoms with E-state index in [2.05, 4.69) is 15.9 Å². The maximum atomic E-state index is 13.7. The van der Waals surface area contributed by atoms with Gasteiger partial charge in [0.2, 0.25) is 0 Å². The number of halogens is 2. The van der Waals surface area contributed by atoms with Crippen molar-refractivity contribution in [2.75, 3.05) is 20.8 Å². The Bertz CT molecular complexity index is 331. The highest BCUT2D eigenvalue weighted by Gasteiger charge is 2.10. The maximum absolute atomic E-state index is 13.7. The summed E-state index contributed by atoms with van der Waals surface area (Å²) in [5.41, 5.74) is 0.680. The van der Waals surface area contributed by atoms with E-state index >= 15 is 0 Å². The van der Waals surface area contributed by atoms with E-state index in [1.807, 2.05) is 0 Å². The second kappa shape index (κ2) is 6.86. The third-order valence-corrected chi connectivity index (χ3v) is 3.06. The van der Waals surface area contributed by atoms with Gasteiger partial charge in [0, 0.05) is 11.9 Å². The fourth-order valence-electron chi connectivity index (χ4n) is 1.48. The number of hydrogen-bond acceptors (Lipinski definition) is 2. The summed E-state index contributed by atoms with van der Waals surface area (Å²) in [5.74, 6) is 0.0393. The van der Waals surface area contributed by atoms with Gasteiger partial charge in [-0.2, -0.15) is 0 Å². The van der Waals surface area contributed by atoms with Crippen LogP contribution in [-0.2, 0) is 11.2 Å².